The number of benzene rings is 1. The first kappa shape index (κ1) is 16.4. The van der Waals surface area contributed by atoms with Gasteiger partial charge in [-0.15, -0.1) is 0 Å². The Morgan fingerprint density at radius 1 is 1.36 bits per heavy atom. The second-order valence-electron chi connectivity index (χ2n) is 5.44. The molecule has 1 aromatic carbocycles. The van der Waals surface area contributed by atoms with Crippen LogP contribution in [0, 0.1) is 29.9 Å². The summed E-state index contributed by atoms with van der Waals surface area (Å²) in [6.45, 7) is 3.03. The Hall–Kier alpha value is -2.00. The van der Waals surface area contributed by atoms with Crippen molar-refractivity contribution in [3.63, 3.8) is 0 Å². The zero-order chi connectivity index (χ0) is 16.7. The van der Waals surface area contributed by atoms with Crippen LogP contribution in [0.15, 0.2) is 17.0 Å². The molecule has 0 aliphatic heterocycles. The zero-order valence-corrected chi connectivity index (χ0v) is 12.9. The van der Waals surface area contributed by atoms with Crippen LogP contribution in [0.25, 0.3) is 0 Å². The van der Waals surface area contributed by atoms with Gasteiger partial charge in [-0.3, -0.25) is 14.9 Å². The highest BCUT2D eigenvalue weighted by molar-refractivity contribution is 7.89. The normalized spacial score (nSPS) is 16.3. The first-order valence-corrected chi connectivity index (χ1v) is 8.12. The third-order valence-corrected chi connectivity index (χ3v) is 5.20. The Morgan fingerprint density at radius 2 is 1.95 bits per heavy atom. The smallest absolute Gasteiger partial charge is 0.322 e. The van der Waals surface area contributed by atoms with Crippen LogP contribution in [0.1, 0.15) is 24.0 Å². The number of nitrogens with one attached hydrogen (secondary N) is 1. The minimum Gasteiger partial charge on any atom is -0.480 e. The maximum absolute atomic E-state index is 12.4. The van der Waals surface area contributed by atoms with Crippen molar-refractivity contribution in [3.05, 3.63) is 33.4 Å². The minimum atomic E-state index is -4.15. The maximum atomic E-state index is 12.4. The first-order valence-electron chi connectivity index (χ1n) is 6.64. The predicted octanol–water partition coefficient (Wildman–Crippen LogP) is 1.35. The number of nitrogens with zero attached hydrogens (tertiary/aromatic N) is 1. The van der Waals surface area contributed by atoms with E-state index in [0.29, 0.717) is 24.0 Å². The molecular weight excluding hydrogens is 312 g/mol. The van der Waals surface area contributed by atoms with Crippen molar-refractivity contribution < 1.29 is 23.2 Å². The van der Waals surface area contributed by atoms with Crippen LogP contribution in [0.4, 0.5) is 5.69 Å². The number of nitro benzene ring substituents is 1. The Kier molecular flexibility index (Phi) is 4.21. The quantitative estimate of drug-likeness (QED) is 0.599. The van der Waals surface area contributed by atoms with Crippen LogP contribution in [0.5, 0.6) is 0 Å². The Bertz CT molecular complexity index is 739. The second-order valence-corrected chi connectivity index (χ2v) is 7.12. The van der Waals surface area contributed by atoms with Crippen molar-refractivity contribution in [3.8, 4) is 0 Å². The van der Waals surface area contributed by atoms with Crippen LogP contribution in [-0.4, -0.2) is 30.5 Å². The summed E-state index contributed by atoms with van der Waals surface area (Å²) in [6.07, 6.45) is 1.29. The third kappa shape index (κ3) is 3.25. The van der Waals surface area contributed by atoms with Crippen molar-refractivity contribution in [1.29, 1.82) is 0 Å². The lowest BCUT2D eigenvalue weighted by Crippen LogP contribution is -2.42. The molecule has 0 spiro atoms. The molecule has 1 unspecified atom stereocenters. The van der Waals surface area contributed by atoms with E-state index in [0.717, 1.165) is 6.07 Å². The van der Waals surface area contributed by atoms with Gasteiger partial charge in [0.1, 0.15) is 6.04 Å². The van der Waals surface area contributed by atoms with Crippen LogP contribution in [-0.2, 0) is 14.8 Å². The van der Waals surface area contributed by atoms with Crippen molar-refractivity contribution >= 4 is 21.7 Å². The molecule has 1 saturated carbocycles. The molecule has 9 heteroatoms. The summed E-state index contributed by atoms with van der Waals surface area (Å²) in [5.41, 5.74) is 0.359. The van der Waals surface area contributed by atoms with Gasteiger partial charge in [0.15, 0.2) is 0 Å². The summed E-state index contributed by atoms with van der Waals surface area (Å²) < 4.78 is 26.9. The lowest BCUT2D eigenvalue weighted by molar-refractivity contribution is -0.385. The SMILES string of the molecule is Cc1cc(C)c(S(=O)(=O)NC(C(=O)O)C2CC2)cc1[N+](=O)[O-]. The molecule has 0 radical (unpaired) electrons. The van der Waals surface area contributed by atoms with E-state index in [4.69, 9.17) is 5.11 Å². The van der Waals surface area contributed by atoms with E-state index in [2.05, 4.69) is 4.72 Å². The fourth-order valence-corrected chi connectivity index (χ4v) is 3.82. The van der Waals surface area contributed by atoms with Crippen LogP contribution in [0.3, 0.4) is 0 Å². The van der Waals surface area contributed by atoms with E-state index in [1.165, 1.54) is 19.9 Å². The summed E-state index contributed by atoms with van der Waals surface area (Å²) in [6, 6.07) is 1.17. The highest BCUT2D eigenvalue weighted by Crippen LogP contribution is 2.34. The van der Waals surface area contributed by atoms with Crippen molar-refractivity contribution in [2.75, 3.05) is 0 Å². The predicted molar refractivity (Wildman–Crippen MR) is 77.0 cm³/mol. The van der Waals surface area contributed by atoms with E-state index in [-0.39, 0.29) is 16.5 Å². The van der Waals surface area contributed by atoms with E-state index in [1.54, 1.807) is 0 Å². The van der Waals surface area contributed by atoms with Crippen LogP contribution < -0.4 is 4.72 Å². The number of rotatable bonds is 6. The van der Waals surface area contributed by atoms with Gasteiger partial charge in [0.05, 0.1) is 9.82 Å². The molecule has 0 saturated heterocycles. The van der Waals surface area contributed by atoms with Gasteiger partial charge in [-0.1, -0.05) is 0 Å². The molecule has 22 heavy (non-hydrogen) atoms. The largest absolute Gasteiger partial charge is 0.480 e. The molecule has 8 nitrogen and oxygen atoms in total. The summed E-state index contributed by atoms with van der Waals surface area (Å²) >= 11 is 0. The molecule has 0 amide bonds. The number of nitro groups is 1. The summed E-state index contributed by atoms with van der Waals surface area (Å²) in [7, 11) is -4.15. The Morgan fingerprint density at radius 3 is 2.41 bits per heavy atom. The van der Waals surface area contributed by atoms with Gasteiger partial charge in [-0.05, 0) is 44.2 Å². The summed E-state index contributed by atoms with van der Waals surface area (Å²) in [5.74, 6) is -1.47. The number of hydrogen-bond acceptors (Lipinski definition) is 5. The van der Waals surface area contributed by atoms with Gasteiger partial charge >= 0.3 is 5.97 Å². The number of carboxylic acid groups (broad SMARTS) is 1. The molecule has 1 atom stereocenters. The summed E-state index contributed by atoms with van der Waals surface area (Å²) in [4.78, 5) is 21.2. The number of carbonyl (C=O) groups is 1. The average Bonchev–Trinajstić information content (AvgIpc) is 3.18. The lowest BCUT2D eigenvalue weighted by Gasteiger charge is -2.15. The van der Waals surface area contributed by atoms with Gasteiger partial charge < -0.3 is 5.11 Å². The molecule has 0 bridgehead atoms. The monoisotopic (exact) mass is 328 g/mol. The highest BCUT2D eigenvalue weighted by atomic mass is 32.2. The fraction of sp³-hybridized carbons (Fsp3) is 0.462. The summed E-state index contributed by atoms with van der Waals surface area (Å²) in [5, 5.41) is 20.1. The molecule has 0 heterocycles. The Labute approximate surface area is 127 Å². The van der Waals surface area contributed by atoms with Gasteiger partial charge in [0.2, 0.25) is 10.0 Å². The third-order valence-electron chi connectivity index (χ3n) is 3.62. The fourth-order valence-electron chi connectivity index (χ4n) is 2.32. The molecule has 1 aromatic rings. The van der Waals surface area contributed by atoms with Crippen LogP contribution in [0.2, 0.25) is 0 Å². The molecule has 120 valence electrons. The van der Waals surface area contributed by atoms with Crippen molar-refractivity contribution in [2.24, 2.45) is 5.92 Å². The van der Waals surface area contributed by atoms with E-state index < -0.39 is 27.0 Å². The number of carboxylic acids is 1. The number of aliphatic carboxylic acids is 1. The zero-order valence-electron chi connectivity index (χ0n) is 12.1. The highest BCUT2D eigenvalue weighted by Gasteiger charge is 2.39. The van der Waals surface area contributed by atoms with Crippen molar-refractivity contribution in [2.45, 2.75) is 37.6 Å². The molecule has 1 aliphatic rings. The molecule has 2 N–H and O–H groups in total. The van der Waals surface area contributed by atoms with E-state index in [1.807, 2.05) is 0 Å². The number of hydrogen-bond donors (Lipinski definition) is 2. The molecule has 2 rings (SSSR count). The number of aryl methyl sites for hydroxylation is 2. The van der Waals surface area contributed by atoms with Gasteiger partial charge in [-0.2, -0.15) is 4.72 Å². The van der Waals surface area contributed by atoms with E-state index >= 15 is 0 Å². The first-order chi connectivity index (χ1) is 10.1. The topological polar surface area (TPSA) is 127 Å². The molecule has 0 aromatic heterocycles. The standard InChI is InChI=1S/C13H16N2O6S/c1-7-5-8(2)11(6-10(7)15(18)19)22(20,21)14-12(13(16)17)9-3-4-9/h5-6,9,12,14H,3-4H2,1-2H3,(H,16,17). The van der Waals surface area contributed by atoms with Crippen LogP contribution >= 0.6 is 0 Å². The minimum absolute atomic E-state index is 0.229. The number of sulfonamides is 1. The Balaban J connectivity index is 2.42. The van der Waals surface area contributed by atoms with Crippen molar-refractivity contribution in [1.82, 2.24) is 4.72 Å². The average molecular weight is 328 g/mol. The van der Waals surface area contributed by atoms with E-state index in [9.17, 15) is 23.3 Å². The van der Waals surface area contributed by atoms with Gasteiger partial charge in [0, 0.05) is 11.6 Å². The molecule has 1 fully saturated rings. The van der Waals surface area contributed by atoms with Gasteiger partial charge in [-0.25, -0.2) is 8.42 Å². The second kappa shape index (κ2) is 5.65. The van der Waals surface area contributed by atoms with Gasteiger partial charge in [0.25, 0.3) is 5.69 Å². The molecule has 1 aliphatic carbocycles. The maximum Gasteiger partial charge on any atom is 0.322 e. The lowest BCUT2D eigenvalue weighted by atomic mass is 10.1. The molecular formula is C13H16N2O6S.